The normalized spacial score (nSPS) is 9.09. The summed E-state index contributed by atoms with van der Waals surface area (Å²) in [5, 5.41) is 17.3. The molecule has 0 aliphatic heterocycles. The van der Waals surface area contributed by atoms with Gasteiger partial charge in [-0.1, -0.05) is 0 Å². The highest BCUT2D eigenvalue weighted by molar-refractivity contribution is 9.10. The second-order valence-electron chi connectivity index (χ2n) is 1.82. The van der Waals surface area contributed by atoms with E-state index in [1.165, 1.54) is 0 Å². The summed E-state index contributed by atoms with van der Waals surface area (Å²) in [6, 6.07) is 2.79. The summed E-state index contributed by atoms with van der Waals surface area (Å²) in [4.78, 5) is 13.2. The van der Waals surface area contributed by atoms with Gasteiger partial charge in [-0.15, -0.1) is 0 Å². The average molecular weight is 215 g/mol. The Kier molecular flexibility index (Phi) is 1.96. The van der Waals surface area contributed by atoms with Crippen LogP contribution in [0.3, 0.4) is 0 Å². The number of hydrogen-bond acceptors (Lipinski definition) is 3. The van der Waals surface area contributed by atoms with Crippen LogP contribution in [0.25, 0.3) is 0 Å². The minimum atomic E-state index is -0.577. The SMILES string of the molecule is N#Cc1[nH]c(Br)cc(=O)c1O. The highest BCUT2D eigenvalue weighted by Crippen LogP contribution is 2.10. The summed E-state index contributed by atoms with van der Waals surface area (Å²) in [6.45, 7) is 0. The van der Waals surface area contributed by atoms with Crippen molar-refractivity contribution in [2.75, 3.05) is 0 Å². The summed E-state index contributed by atoms with van der Waals surface area (Å²) >= 11 is 2.97. The first-order chi connectivity index (χ1) is 5.15. The van der Waals surface area contributed by atoms with E-state index in [4.69, 9.17) is 10.4 Å². The lowest BCUT2D eigenvalue weighted by Crippen LogP contribution is -2.02. The van der Waals surface area contributed by atoms with Crippen LogP contribution in [-0.2, 0) is 0 Å². The third-order valence-electron chi connectivity index (χ3n) is 1.08. The second-order valence-corrected chi connectivity index (χ2v) is 2.67. The van der Waals surface area contributed by atoms with Gasteiger partial charge in [0.25, 0.3) is 0 Å². The molecule has 4 nitrogen and oxygen atoms in total. The molecule has 0 spiro atoms. The number of halogens is 1. The number of H-pyrrole nitrogens is 1. The fourth-order valence-corrected chi connectivity index (χ4v) is 1.01. The van der Waals surface area contributed by atoms with Crippen LogP contribution in [0, 0.1) is 11.3 Å². The smallest absolute Gasteiger partial charge is 0.225 e. The maximum atomic E-state index is 10.8. The van der Waals surface area contributed by atoms with Crippen LogP contribution in [0.2, 0.25) is 0 Å². The van der Waals surface area contributed by atoms with Crippen molar-refractivity contribution in [3.63, 3.8) is 0 Å². The van der Waals surface area contributed by atoms with Gasteiger partial charge in [0.15, 0.2) is 11.4 Å². The Morgan fingerprint density at radius 2 is 2.36 bits per heavy atom. The van der Waals surface area contributed by atoms with Gasteiger partial charge < -0.3 is 10.1 Å². The number of rotatable bonds is 0. The van der Waals surface area contributed by atoms with Crippen molar-refractivity contribution in [3.8, 4) is 11.8 Å². The summed E-state index contributed by atoms with van der Waals surface area (Å²) in [6.07, 6.45) is 0. The van der Waals surface area contributed by atoms with Gasteiger partial charge in [0.05, 0.1) is 4.60 Å². The summed E-state index contributed by atoms with van der Waals surface area (Å²) in [7, 11) is 0. The number of aromatic amines is 1. The highest BCUT2D eigenvalue weighted by Gasteiger charge is 2.04. The minimum absolute atomic E-state index is 0.135. The van der Waals surface area contributed by atoms with E-state index in [1.54, 1.807) is 6.07 Å². The Balaban J connectivity index is 3.52. The van der Waals surface area contributed by atoms with Crippen LogP contribution >= 0.6 is 15.9 Å². The molecule has 2 N–H and O–H groups in total. The van der Waals surface area contributed by atoms with Crippen molar-refractivity contribution < 1.29 is 5.11 Å². The molecular weight excluding hydrogens is 212 g/mol. The van der Waals surface area contributed by atoms with Crippen LogP contribution in [0.15, 0.2) is 15.5 Å². The fraction of sp³-hybridized carbons (Fsp3) is 0. The van der Waals surface area contributed by atoms with E-state index < -0.39 is 11.2 Å². The standard InChI is InChI=1S/C6H3BrN2O2/c7-5-1-4(10)6(11)3(2-8)9-5/h1,11H,(H,9,10). The van der Waals surface area contributed by atoms with Crippen molar-refractivity contribution in [2.45, 2.75) is 0 Å². The third-order valence-corrected chi connectivity index (χ3v) is 1.51. The molecule has 0 fully saturated rings. The van der Waals surface area contributed by atoms with E-state index >= 15 is 0 Å². The predicted molar refractivity (Wildman–Crippen MR) is 41.1 cm³/mol. The Morgan fingerprint density at radius 3 is 2.91 bits per heavy atom. The van der Waals surface area contributed by atoms with E-state index in [1.807, 2.05) is 0 Å². The quantitative estimate of drug-likeness (QED) is 0.625. The third kappa shape index (κ3) is 1.41. The summed E-state index contributed by atoms with van der Waals surface area (Å²) < 4.78 is 0.372. The van der Waals surface area contributed by atoms with Crippen molar-refractivity contribution in [3.05, 3.63) is 26.6 Å². The van der Waals surface area contributed by atoms with Gasteiger partial charge in [0.2, 0.25) is 5.43 Å². The van der Waals surface area contributed by atoms with E-state index in [9.17, 15) is 4.79 Å². The molecule has 0 radical (unpaired) electrons. The molecule has 0 atom stereocenters. The van der Waals surface area contributed by atoms with E-state index in [2.05, 4.69) is 20.9 Å². The van der Waals surface area contributed by atoms with Crippen LogP contribution in [0.5, 0.6) is 5.75 Å². The molecule has 0 amide bonds. The first kappa shape index (κ1) is 7.82. The predicted octanol–water partition coefficient (Wildman–Crippen LogP) is 0.715. The van der Waals surface area contributed by atoms with Gasteiger partial charge in [-0.05, 0) is 15.9 Å². The van der Waals surface area contributed by atoms with Gasteiger partial charge in [0.1, 0.15) is 6.07 Å². The van der Waals surface area contributed by atoms with Crippen LogP contribution in [0.4, 0.5) is 0 Å². The lowest BCUT2D eigenvalue weighted by atomic mass is 10.3. The van der Waals surface area contributed by atoms with E-state index in [0.29, 0.717) is 4.60 Å². The minimum Gasteiger partial charge on any atom is -0.502 e. The Bertz CT molecular complexity index is 377. The molecule has 0 aliphatic rings. The highest BCUT2D eigenvalue weighted by atomic mass is 79.9. The van der Waals surface area contributed by atoms with Crippen molar-refractivity contribution in [2.24, 2.45) is 0 Å². The van der Waals surface area contributed by atoms with Gasteiger partial charge >= 0.3 is 0 Å². The topological polar surface area (TPSA) is 76.9 Å². The Morgan fingerprint density at radius 1 is 1.73 bits per heavy atom. The van der Waals surface area contributed by atoms with Gasteiger partial charge in [-0.2, -0.15) is 5.26 Å². The Hall–Kier alpha value is -1.28. The molecule has 1 aromatic rings. The number of nitriles is 1. The first-order valence-electron chi connectivity index (χ1n) is 2.67. The zero-order valence-corrected chi connectivity index (χ0v) is 6.84. The Labute approximate surface area is 70.2 Å². The maximum Gasteiger partial charge on any atom is 0.225 e. The number of aromatic nitrogens is 1. The molecule has 11 heavy (non-hydrogen) atoms. The molecule has 5 heteroatoms. The number of nitrogens with one attached hydrogen (secondary N) is 1. The summed E-state index contributed by atoms with van der Waals surface area (Å²) in [5.41, 5.74) is -0.712. The molecular formula is C6H3BrN2O2. The molecule has 0 aliphatic carbocycles. The number of aromatic hydroxyl groups is 1. The molecule has 0 unspecified atom stereocenters. The lowest BCUT2D eigenvalue weighted by Gasteiger charge is -1.94. The molecule has 56 valence electrons. The molecule has 1 heterocycles. The van der Waals surface area contributed by atoms with E-state index in [0.717, 1.165) is 6.07 Å². The molecule has 0 bridgehead atoms. The molecule has 1 aromatic heterocycles. The van der Waals surface area contributed by atoms with Gasteiger partial charge in [0, 0.05) is 6.07 Å². The fourth-order valence-electron chi connectivity index (χ4n) is 0.602. The van der Waals surface area contributed by atoms with Crippen LogP contribution in [0.1, 0.15) is 5.69 Å². The average Bonchev–Trinajstić information content (AvgIpc) is 1.96. The van der Waals surface area contributed by atoms with Gasteiger partial charge in [-0.3, -0.25) is 4.79 Å². The largest absolute Gasteiger partial charge is 0.502 e. The maximum absolute atomic E-state index is 10.8. The number of hydrogen-bond donors (Lipinski definition) is 2. The molecule has 0 saturated heterocycles. The van der Waals surface area contributed by atoms with Crippen molar-refractivity contribution in [1.82, 2.24) is 4.98 Å². The molecule has 0 aromatic carbocycles. The van der Waals surface area contributed by atoms with E-state index in [-0.39, 0.29) is 5.69 Å². The number of nitrogens with zero attached hydrogens (tertiary/aromatic N) is 1. The molecule has 1 rings (SSSR count). The van der Waals surface area contributed by atoms with Crippen molar-refractivity contribution in [1.29, 1.82) is 5.26 Å². The van der Waals surface area contributed by atoms with Crippen LogP contribution < -0.4 is 5.43 Å². The van der Waals surface area contributed by atoms with Gasteiger partial charge in [-0.25, -0.2) is 0 Å². The second kappa shape index (κ2) is 2.76. The molecule has 0 saturated carbocycles. The monoisotopic (exact) mass is 214 g/mol. The summed E-state index contributed by atoms with van der Waals surface area (Å²) in [5.74, 6) is -0.546. The van der Waals surface area contributed by atoms with Crippen molar-refractivity contribution >= 4 is 15.9 Å². The lowest BCUT2D eigenvalue weighted by molar-refractivity contribution is 0.465. The van der Waals surface area contributed by atoms with Crippen LogP contribution in [-0.4, -0.2) is 10.1 Å². The zero-order valence-electron chi connectivity index (χ0n) is 5.26. The first-order valence-corrected chi connectivity index (χ1v) is 3.46. The number of pyridine rings is 1. The zero-order chi connectivity index (χ0) is 8.43.